The molecule has 1 saturated heterocycles. The molecule has 2 aliphatic rings. The lowest BCUT2D eigenvalue weighted by molar-refractivity contribution is -0.122. The van der Waals surface area contributed by atoms with Gasteiger partial charge < -0.3 is 10.6 Å². The fourth-order valence-corrected chi connectivity index (χ4v) is 4.84. The first-order valence-corrected chi connectivity index (χ1v) is 9.75. The molecule has 2 N–H and O–H groups in total. The summed E-state index contributed by atoms with van der Waals surface area (Å²) in [6.45, 7) is 0.618. The molecule has 24 heavy (non-hydrogen) atoms. The van der Waals surface area contributed by atoms with Crippen LogP contribution in [0.25, 0.3) is 0 Å². The third-order valence-electron chi connectivity index (χ3n) is 4.03. The van der Waals surface area contributed by atoms with Crippen LogP contribution in [0.15, 0.2) is 0 Å². The number of fused-ring (bicyclic) bond motifs is 1. The van der Waals surface area contributed by atoms with Gasteiger partial charge in [-0.05, 0) is 6.42 Å². The van der Waals surface area contributed by atoms with Gasteiger partial charge in [0.05, 0.1) is 12.2 Å². The molecule has 0 radical (unpaired) electrons. The van der Waals surface area contributed by atoms with Crippen molar-refractivity contribution in [3.63, 3.8) is 0 Å². The molecule has 2 amide bonds. The minimum atomic E-state index is -3.46. The van der Waals surface area contributed by atoms with Crippen molar-refractivity contribution in [2.24, 2.45) is 0 Å². The summed E-state index contributed by atoms with van der Waals surface area (Å²) in [6.07, 6.45) is 1.34. The number of carbonyl (C=O) groups excluding carboxylic acids is 2. The van der Waals surface area contributed by atoms with Gasteiger partial charge in [-0.1, -0.05) is 0 Å². The van der Waals surface area contributed by atoms with Crippen molar-refractivity contribution in [2.45, 2.75) is 31.8 Å². The van der Waals surface area contributed by atoms with Crippen molar-refractivity contribution in [2.75, 3.05) is 26.0 Å². The Morgan fingerprint density at radius 2 is 2.17 bits per heavy atom. The fraction of sp³-hybridized carbons (Fsp3) is 0.615. The molecular formula is C13H19N5O4S2. The van der Waals surface area contributed by atoms with Gasteiger partial charge in [-0.3, -0.25) is 9.59 Å². The first-order valence-electron chi connectivity index (χ1n) is 7.54. The number of nitrogens with zero attached hydrogens (tertiary/aromatic N) is 3. The molecule has 1 unspecified atom stereocenters. The Bertz CT molecular complexity index is 773. The van der Waals surface area contributed by atoms with Crippen molar-refractivity contribution in [1.29, 1.82) is 0 Å². The number of anilines is 1. The number of carbonyl (C=O) groups is 2. The highest BCUT2D eigenvalue weighted by Crippen LogP contribution is 2.30. The molecule has 0 saturated carbocycles. The van der Waals surface area contributed by atoms with Gasteiger partial charge in [0.25, 0.3) is 10.2 Å². The van der Waals surface area contributed by atoms with Gasteiger partial charge in [-0.15, -0.1) is 11.3 Å². The number of rotatable bonds is 4. The first-order chi connectivity index (χ1) is 11.3. The summed E-state index contributed by atoms with van der Waals surface area (Å²) >= 11 is 1.27. The van der Waals surface area contributed by atoms with E-state index in [9.17, 15) is 18.0 Å². The SMILES string of the molecule is CN(C)S(=O)(=O)N1CCc2nc(NC(=O)C3CCC(=O)N3)sc2C1. The van der Waals surface area contributed by atoms with Crippen molar-refractivity contribution in [1.82, 2.24) is 18.9 Å². The molecule has 3 heterocycles. The standard InChI is InChI=1S/C13H19N5O4S2/c1-17(2)24(21,22)18-6-5-8-10(7-18)23-13(15-8)16-12(20)9-3-4-11(19)14-9/h9H,3-7H2,1-2H3,(H,14,19)(H,15,16,20). The number of amides is 2. The van der Waals surface area contributed by atoms with Crippen LogP contribution in [0.4, 0.5) is 5.13 Å². The first kappa shape index (κ1) is 17.3. The Morgan fingerprint density at radius 3 is 2.79 bits per heavy atom. The maximum Gasteiger partial charge on any atom is 0.281 e. The average molecular weight is 373 g/mol. The highest BCUT2D eigenvalue weighted by Gasteiger charge is 2.32. The highest BCUT2D eigenvalue weighted by molar-refractivity contribution is 7.86. The maximum atomic E-state index is 12.2. The second kappa shape index (κ2) is 6.39. The molecular weight excluding hydrogens is 354 g/mol. The van der Waals surface area contributed by atoms with Crippen LogP contribution in [0.1, 0.15) is 23.4 Å². The smallest absolute Gasteiger partial charge is 0.281 e. The summed E-state index contributed by atoms with van der Waals surface area (Å²) in [4.78, 5) is 28.5. The summed E-state index contributed by atoms with van der Waals surface area (Å²) in [6, 6.07) is -0.524. The normalized spacial score (nSPS) is 21.6. The predicted molar refractivity (Wildman–Crippen MR) is 88.6 cm³/mol. The van der Waals surface area contributed by atoms with E-state index in [1.54, 1.807) is 0 Å². The van der Waals surface area contributed by atoms with E-state index < -0.39 is 16.3 Å². The van der Waals surface area contributed by atoms with E-state index in [0.717, 1.165) is 10.6 Å². The molecule has 2 aliphatic heterocycles. The number of hydrogen-bond donors (Lipinski definition) is 2. The van der Waals surface area contributed by atoms with Crippen LogP contribution in [0.5, 0.6) is 0 Å². The van der Waals surface area contributed by atoms with Gasteiger partial charge in [0.1, 0.15) is 6.04 Å². The molecule has 1 fully saturated rings. The zero-order valence-corrected chi connectivity index (χ0v) is 15.0. The molecule has 0 aromatic carbocycles. The summed E-state index contributed by atoms with van der Waals surface area (Å²) in [5, 5.41) is 5.76. The highest BCUT2D eigenvalue weighted by atomic mass is 32.2. The topological polar surface area (TPSA) is 112 Å². The van der Waals surface area contributed by atoms with Gasteiger partial charge in [-0.2, -0.15) is 17.0 Å². The van der Waals surface area contributed by atoms with Crippen LogP contribution in [-0.2, 0) is 32.8 Å². The van der Waals surface area contributed by atoms with Gasteiger partial charge in [0, 0.05) is 38.4 Å². The Morgan fingerprint density at radius 1 is 1.42 bits per heavy atom. The molecule has 11 heteroatoms. The molecule has 0 bridgehead atoms. The molecule has 132 valence electrons. The minimum absolute atomic E-state index is 0.127. The predicted octanol–water partition coefficient (Wildman–Crippen LogP) is -0.475. The van der Waals surface area contributed by atoms with Crippen LogP contribution in [0.3, 0.4) is 0 Å². The largest absolute Gasteiger partial charge is 0.344 e. The van der Waals surface area contributed by atoms with Crippen LogP contribution < -0.4 is 10.6 Å². The second-order valence-electron chi connectivity index (χ2n) is 5.91. The second-order valence-corrected chi connectivity index (χ2v) is 9.14. The van der Waals surface area contributed by atoms with E-state index in [1.165, 1.54) is 34.0 Å². The van der Waals surface area contributed by atoms with Crippen LogP contribution in [0, 0.1) is 0 Å². The van der Waals surface area contributed by atoms with Crippen molar-refractivity contribution >= 4 is 38.5 Å². The van der Waals surface area contributed by atoms with Crippen molar-refractivity contribution in [3.05, 3.63) is 10.6 Å². The Labute approximate surface area is 144 Å². The lowest BCUT2D eigenvalue weighted by atomic mass is 10.2. The molecule has 0 aliphatic carbocycles. The molecule has 3 rings (SSSR count). The third-order valence-corrected chi connectivity index (χ3v) is 6.91. The van der Waals surface area contributed by atoms with Gasteiger partial charge in [-0.25, -0.2) is 4.98 Å². The lowest BCUT2D eigenvalue weighted by Gasteiger charge is -2.27. The van der Waals surface area contributed by atoms with E-state index in [-0.39, 0.29) is 18.4 Å². The maximum absolute atomic E-state index is 12.2. The van der Waals surface area contributed by atoms with Gasteiger partial charge >= 0.3 is 0 Å². The molecule has 1 atom stereocenters. The Balaban J connectivity index is 1.69. The number of hydrogen-bond acceptors (Lipinski definition) is 6. The van der Waals surface area contributed by atoms with E-state index >= 15 is 0 Å². The van der Waals surface area contributed by atoms with Crippen molar-refractivity contribution < 1.29 is 18.0 Å². The zero-order chi connectivity index (χ0) is 17.5. The zero-order valence-electron chi connectivity index (χ0n) is 13.4. The van der Waals surface area contributed by atoms with Crippen LogP contribution in [0.2, 0.25) is 0 Å². The summed E-state index contributed by atoms with van der Waals surface area (Å²) in [5.74, 6) is -0.414. The summed E-state index contributed by atoms with van der Waals surface area (Å²) in [7, 11) is -0.467. The van der Waals surface area contributed by atoms with E-state index in [4.69, 9.17) is 0 Å². The van der Waals surface area contributed by atoms with E-state index in [0.29, 0.717) is 30.9 Å². The lowest BCUT2D eigenvalue weighted by Crippen LogP contribution is -2.42. The van der Waals surface area contributed by atoms with Gasteiger partial charge in [0.15, 0.2) is 5.13 Å². The van der Waals surface area contributed by atoms with Crippen LogP contribution in [-0.4, -0.2) is 60.5 Å². The molecule has 0 spiro atoms. The van der Waals surface area contributed by atoms with Gasteiger partial charge in [0.2, 0.25) is 11.8 Å². The molecule has 9 nitrogen and oxygen atoms in total. The quantitative estimate of drug-likeness (QED) is 0.741. The fourth-order valence-electron chi connectivity index (χ4n) is 2.66. The third kappa shape index (κ3) is 3.29. The monoisotopic (exact) mass is 373 g/mol. The average Bonchev–Trinajstić information content (AvgIpc) is 3.11. The number of aromatic nitrogens is 1. The summed E-state index contributed by atoms with van der Waals surface area (Å²) in [5.41, 5.74) is 0.816. The number of thiazole rings is 1. The minimum Gasteiger partial charge on any atom is -0.344 e. The Kier molecular flexibility index (Phi) is 4.60. The van der Waals surface area contributed by atoms with Crippen molar-refractivity contribution in [3.8, 4) is 0 Å². The van der Waals surface area contributed by atoms with E-state index in [1.807, 2.05) is 0 Å². The Hall–Kier alpha value is -1.56. The molecule has 1 aromatic heterocycles. The number of nitrogens with one attached hydrogen (secondary N) is 2. The molecule has 1 aromatic rings. The van der Waals surface area contributed by atoms with E-state index in [2.05, 4.69) is 15.6 Å². The van der Waals surface area contributed by atoms with Crippen LogP contribution >= 0.6 is 11.3 Å². The summed E-state index contributed by atoms with van der Waals surface area (Å²) < 4.78 is 27.0.